The molecule has 0 amide bonds. The number of hydrogen-bond acceptors (Lipinski definition) is 6. The van der Waals surface area contributed by atoms with E-state index >= 15 is 0 Å². The summed E-state index contributed by atoms with van der Waals surface area (Å²) in [6, 6.07) is 4.37. The summed E-state index contributed by atoms with van der Waals surface area (Å²) in [5, 5.41) is 6.49. The van der Waals surface area contributed by atoms with Crippen molar-refractivity contribution in [2.45, 2.75) is 37.5 Å². The van der Waals surface area contributed by atoms with Crippen molar-refractivity contribution in [2.24, 2.45) is 0 Å². The minimum Gasteiger partial charge on any atom is -0.468 e. The van der Waals surface area contributed by atoms with Crippen molar-refractivity contribution in [3.63, 3.8) is 0 Å². The first-order valence-electron chi connectivity index (χ1n) is 7.86. The van der Waals surface area contributed by atoms with Crippen LogP contribution in [0.5, 0.6) is 0 Å². The van der Waals surface area contributed by atoms with Crippen molar-refractivity contribution in [1.29, 1.82) is 0 Å². The third-order valence-corrected chi connectivity index (χ3v) is 5.25. The Morgan fingerprint density at radius 2 is 2.50 bits per heavy atom. The Balaban J connectivity index is 1.37. The summed E-state index contributed by atoms with van der Waals surface area (Å²) >= 11 is 1.65. The van der Waals surface area contributed by atoms with Crippen molar-refractivity contribution in [2.75, 3.05) is 25.0 Å². The maximum absolute atomic E-state index is 6.23. The predicted octanol–water partition coefficient (Wildman–Crippen LogP) is 2.97. The van der Waals surface area contributed by atoms with Crippen LogP contribution in [0.3, 0.4) is 0 Å². The average molecular weight is 319 g/mol. The number of piperidine rings is 1. The fourth-order valence-corrected chi connectivity index (χ4v) is 4.25. The number of anilines is 1. The molecule has 0 aliphatic carbocycles. The minimum atomic E-state index is -0.000229. The lowest BCUT2D eigenvalue weighted by Gasteiger charge is -2.39. The topological polar surface area (TPSA) is 50.5 Å². The Bertz CT molecular complexity index is 587. The van der Waals surface area contributed by atoms with E-state index in [1.54, 1.807) is 17.6 Å². The molecule has 2 unspecified atom stereocenters. The Kier molecular flexibility index (Phi) is 3.90. The number of nitrogens with zero attached hydrogens (tertiary/aromatic N) is 2. The van der Waals surface area contributed by atoms with Gasteiger partial charge in [0.2, 0.25) is 0 Å². The summed E-state index contributed by atoms with van der Waals surface area (Å²) in [5.74, 6) is 1.03. The second-order valence-electron chi connectivity index (χ2n) is 6.27. The highest BCUT2D eigenvalue weighted by atomic mass is 32.1. The molecule has 2 aromatic rings. The van der Waals surface area contributed by atoms with E-state index in [0.29, 0.717) is 6.04 Å². The van der Waals surface area contributed by atoms with E-state index in [1.807, 2.05) is 23.7 Å². The summed E-state index contributed by atoms with van der Waals surface area (Å²) in [6.07, 6.45) is 6.98. The van der Waals surface area contributed by atoms with Gasteiger partial charge >= 0.3 is 0 Å². The van der Waals surface area contributed by atoms with Crippen molar-refractivity contribution in [3.8, 4) is 0 Å². The molecule has 6 heteroatoms. The second-order valence-corrected chi connectivity index (χ2v) is 7.16. The molecule has 4 rings (SSSR count). The lowest BCUT2D eigenvalue weighted by Crippen LogP contribution is -2.47. The van der Waals surface area contributed by atoms with Gasteiger partial charge in [0.25, 0.3) is 0 Å². The zero-order chi connectivity index (χ0) is 14.8. The maximum Gasteiger partial charge on any atom is 0.182 e. The van der Waals surface area contributed by atoms with Gasteiger partial charge in [-0.1, -0.05) is 0 Å². The summed E-state index contributed by atoms with van der Waals surface area (Å²) in [4.78, 5) is 6.76. The van der Waals surface area contributed by atoms with Gasteiger partial charge in [0.1, 0.15) is 5.76 Å². The SMILES string of the molecule is c1coc(CN2CCCC3(CC(Nc4nccs4)CO3)C2)c1. The third-order valence-electron chi connectivity index (χ3n) is 4.55. The molecule has 2 fully saturated rings. The highest BCUT2D eigenvalue weighted by Gasteiger charge is 2.43. The Hall–Kier alpha value is -1.37. The summed E-state index contributed by atoms with van der Waals surface area (Å²) < 4.78 is 11.7. The van der Waals surface area contributed by atoms with Gasteiger partial charge in [-0.25, -0.2) is 4.98 Å². The normalized spacial score (nSPS) is 29.2. The van der Waals surface area contributed by atoms with Gasteiger partial charge in [-0.05, 0) is 31.5 Å². The average Bonchev–Trinajstić information content (AvgIpc) is 3.24. The molecule has 4 heterocycles. The number of hydrogen-bond donors (Lipinski definition) is 1. The molecule has 0 radical (unpaired) electrons. The Labute approximate surface area is 134 Å². The van der Waals surface area contributed by atoms with Crippen molar-refractivity contribution in [1.82, 2.24) is 9.88 Å². The van der Waals surface area contributed by atoms with E-state index < -0.39 is 0 Å². The van der Waals surface area contributed by atoms with Crippen molar-refractivity contribution >= 4 is 16.5 Å². The molecule has 2 aromatic heterocycles. The van der Waals surface area contributed by atoms with Gasteiger partial charge in [-0.15, -0.1) is 11.3 Å². The van der Waals surface area contributed by atoms with Crippen LogP contribution in [-0.4, -0.2) is 41.2 Å². The number of ether oxygens (including phenoxy) is 1. The van der Waals surface area contributed by atoms with Gasteiger partial charge in [0.05, 0.1) is 31.1 Å². The molecule has 1 spiro atoms. The van der Waals surface area contributed by atoms with Crippen LogP contribution in [0, 0.1) is 0 Å². The van der Waals surface area contributed by atoms with Gasteiger partial charge in [-0.3, -0.25) is 4.90 Å². The molecule has 2 aliphatic heterocycles. The van der Waals surface area contributed by atoms with Crippen LogP contribution in [0.25, 0.3) is 0 Å². The Morgan fingerprint density at radius 1 is 1.50 bits per heavy atom. The van der Waals surface area contributed by atoms with Crippen LogP contribution in [0.1, 0.15) is 25.0 Å². The first kappa shape index (κ1) is 14.2. The fraction of sp³-hybridized carbons (Fsp3) is 0.562. The third kappa shape index (κ3) is 3.04. The maximum atomic E-state index is 6.23. The molecule has 118 valence electrons. The predicted molar refractivity (Wildman–Crippen MR) is 86.0 cm³/mol. The first-order chi connectivity index (χ1) is 10.8. The highest BCUT2D eigenvalue weighted by molar-refractivity contribution is 7.13. The van der Waals surface area contributed by atoms with E-state index in [0.717, 1.165) is 50.0 Å². The van der Waals surface area contributed by atoms with Gasteiger partial charge in [-0.2, -0.15) is 0 Å². The summed E-state index contributed by atoms with van der Waals surface area (Å²) in [7, 11) is 0. The number of rotatable bonds is 4. The lowest BCUT2D eigenvalue weighted by molar-refractivity contribution is -0.0544. The molecule has 2 aliphatic rings. The fourth-order valence-electron chi connectivity index (χ4n) is 3.64. The summed E-state index contributed by atoms with van der Waals surface area (Å²) in [5.41, 5.74) is -0.000229. The van der Waals surface area contributed by atoms with E-state index in [-0.39, 0.29) is 5.60 Å². The van der Waals surface area contributed by atoms with E-state index in [4.69, 9.17) is 9.15 Å². The molecule has 1 N–H and O–H groups in total. The zero-order valence-electron chi connectivity index (χ0n) is 12.5. The molecule has 2 saturated heterocycles. The Morgan fingerprint density at radius 3 is 3.32 bits per heavy atom. The van der Waals surface area contributed by atoms with E-state index in [9.17, 15) is 0 Å². The van der Waals surface area contributed by atoms with Crippen LogP contribution in [0.4, 0.5) is 5.13 Å². The molecule has 2 atom stereocenters. The number of furan rings is 1. The molecular formula is C16H21N3O2S. The number of aromatic nitrogens is 1. The first-order valence-corrected chi connectivity index (χ1v) is 8.74. The van der Waals surface area contributed by atoms with E-state index in [2.05, 4.69) is 15.2 Å². The largest absolute Gasteiger partial charge is 0.468 e. The molecule has 5 nitrogen and oxygen atoms in total. The lowest BCUT2D eigenvalue weighted by atomic mass is 9.88. The molecule has 22 heavy (non-hydrogen) atoms. The number of thiazole rings is 1. The number of nitrogens with one attached hydrogen (secondary N) is 1. The quantitative estimate of drug-likeness (QED) is 0.939. The minimum absolute atomic E-state index is 0.000229. The number of likely N-dealkylation sites (tertiary alicyclic amines) is 1. The van der Waals surface area contributed by atoms with Crippen molar-refractivity contribution < 1.29 is 9.15 Å². The van der Waals surface area contributed by atoms with Gasteiger partial charge in [0, 0.05) is 24.5 Å². The van der Waals surface area contributed by atoms with Crippen LogP contribution in [-0.2, 0) is 11.3 Å². The van der Waals surface area contributed by atoms with Crippen molar-refractivity contribution in [3.05, 3.63) is 35.7 Å². The van der Waals surface area contributed by atoms with Gasteiger partial charge < -0.3 is 14.5 Å². The monoisotopic (exact) mass is 319 g/mol. The zero-order valence-corrected chi connectivity index (χ0v) is 13.3. The second kappa shape index (κ2) is 6.02. The standard InChI is InChI=1S/C16H21N3O2S/c1-3-14(20-7-1)10-19-6-2-4-16(12-19)9-13(11-21-16)18-15-17-5-8-22-15/h1,3,5,7-8,13H,2,4,6,9-12H2,(H,17,18). The van der Waals surface area contributed by atoms with E-state index in [1.165, 1.54) is 6.42 Å². The summed E-state index contributed by atoms with van der Waals surface area (Å²) in [6.45, 7) is 3.76. The smallest absolute Gasteiger partial charge is 0.182 e. The van der Waals surface area contributed by atoms with Gasteiger partial charge in [0.15, 0.2) is 5.13 Å². The molecule has 0 bridgehead atoms. The molecular weight excluding hydrogens is 298 g/mol. The van der Waals surface area contributed by atoms with Crippen LogP contribution in [0.15, 0.2) is 34.4 Å². The van der Waals surface area contributed by atoms with Crippen LogP contribution < -0.4 is 5.32 Å². The van der Waals surface area contributed by atoms with Crippen LogP contribution in [0.2, 0.25) is 0 Å². The highest BCUT2D eigenvalue weighted by Crippen LogP contribution is 2.36. The molecule has 0 saturated carbocycles. The van der Waals surface area contributed by atoms with Crippen LogP contribution >= 0.6 is 11.3 Å². The molecule has 0 aromatic carbocycles.